The highest BCUT2D eigenvalue weighted by Gasteiger charge is 2.34. The van der Waals surface area contributed by atoms with Gasteiger partial charge in [-0.1, -0.05) is 24.3 Å². The van der Waals surface area contributed by atoms with Crippen molar-refractivity contribution >= 4 is 29.4 Å². The van der Waals surface area contributed by atoms with Crippen molar-refractivity contribution in [2.75, 3.05) is 17.2 Å². The number of amides is 3. The number of aromatic nitrogens is 2. The first-order chi connectivity index (χ1) is 17.2. The van der Waals surface area contributed by atoms with Gasteiger partial charge in [-0.2, -0.15) is 0 Å². The minimum Gasteiger partial charge on any atom is -0.481 e. The lowest BCUT2D eigenvalue weighted by molar-refractivity contribution is -0.147. The predicted molar refractivity (Wildman–Crippen MR) is 132 cm³/mol. The number of aliphatic carboxylic acids is 1. The van der Waals surface area contributed by atoms with E-state index in [1.807, 2.05) is 18.2 Å². The quantitative estimate of drug-likeness (QED) is 0.428. The minimum atomic E-state index is -0.974. The molecular weight excluding hydrogens is 462 g/mol. The zero-order valence-electron chi connectivity index (χ0n) is 20.2. The molecule has 1 aliphatic heterocycles. The van der Waals surface area contributed by atoms with Gasteiger partial charge in [0.25, 0.3) is 0 Å². The van der Waals surface area contributed by atoms with E-state index in [0.29, 0.717) is 29.7 Å². The summed E-state index contributed by atoms with van der Waals surface area (Å²) in [5.41, 5.74) is 0.412. The van der Waals surface area contributed by atoms with Crippen LogP contribution in [0.15, 0.2) is 59.3 Å². The summed E-state index contributed by atoms with van der Waals surface area (Å²) >= 11 is 0. The summed E-state index contributed by atoms with van der Waals surface area (Å²) in [4.78, 5) is 46.9. The summed E-state index contributed by atoms with van der Waals surface area (Å²) < 4.78 is 5.85. The molecule has 10 heteroatoms. The van der Waals surface area contributed by atoms with Crippen molar-refractivity contribution in [2.24, 2.45) is 5.41 Å². The topological polar surface area (TPSA) is 138 Å². The Morgan fingerprint density at radius 1 is 1.08 bits per heavy atom. The molecule has 3 N–H and O–H groups in total. The number of hydrogen-bond acceptors (Lipinski definition) is 6. The fourth-order valence-corrected chi connectivity index (χ4v) is 4.07. The molecule has 1 unspecified atom stereocenters. The molecule has 3 amide bonds. The van der Waals surface area contributed by atoms with Gasteiger partial charge in [0.15, 0.2) is 0 Å². The number of urea groups is 1. The first kappa shape index (κ1) is 24.9. The number of para-hydroxylation sites is 1. The van der Waals surface area contributed by atoms with Crippen LogP contribution in [-0.4, -0.2) is 44.4 Å². The molecule has 1 saturated heterocycles. The molecule has 3 aromatic rings. The van der Waals surface area contributed by atoms with E-state index in [1.165, 1.54) is 0 Å². The number of carboxylic acids is 1. The number of hydrogen-bond donors (Lipinski definition) is 3. The maximum atomic E-state index is 13.1. The maximum Gasteiger partial charge on any atom is 0.324 e. The second-order valence-electron chi connectivity index (χ2n) is 9.45. The van der Waals surface area contributed by atoms with E-state index in [1.54, 1.807) is 55.4 Å². The van der Waals surface area contributed by atoms with Gasteiger partial charge in [0.1, 0.15) is 17.6 Å². The monoisotopic (exact) mass is 491 g/mol. The van der Waals surface area contributed by atoms with Crippen LogP contribution in [0.3, 0.4) is 0 Å². The van der Waals surface area contributed by atoms with Gasteiger partial charge in [0, 0.05) is 24.8 Å². The highest BCUT2D eigenvalue weighted by molar-refractivity contribution is 5.99. The summed E-state index contributed by atoms with van der Waals surface area (Å²) in [5, 5.41) is 14.7. The molecule has 0 spiro atoms. The van der Waals surface area contributed by atoms with E-state index in [9.17, 15) is 19.5 Å². The van der Waals surface area contributed by atoms with Crippen molar-refractivity contribution in [3.8, 4) is 0 Å². The van der Waals surface area contributed by atoms with E-state index >= 15 is 0 Å². The van der Waals surface area contributed by atoms with Gasteiger partial charge in [0.05, 0.1) is 18.0 Å². The summed E-state index contributed by atoms with van der Waals surface area (Å²) in [6, 6.07) is 11.8. The number of anilines is 2. The Bertz CT molecular complexity index is 1220. The lowest BCUT2D eigenvalue weighted by atomic mass is 9.89. The van der Waals surface area contributed by atoms with E-state index in [2.05, 4.69) is 20.6 Å². The normalized spacial score (nSPS) is 15.5. The van der Waals surface area contributed by atoms with Gasteiger partial charge in [-0.3, -0.25) is 14.9 Å². The van der Waals surface area contributed by atoms with E-state index < -0.39 is 17.4 Å². The number of carbonyl (C=O) groups is 3. The van der Waals surface area contributed by atoms with E-state index in [4.69, 9.17) is 4.42 Å². The average Bonchev–Trinajstić information content (AvgIpc) is 3.50. The molecule has 1 fully saturated rings. The second-order valence-corrected chi connectivity index (χ2v) is 9.45. The van der Waals surface area contributed by atoms with Crippen molar-refractivity contribution in [3.05, 3.63) is 72.1 Å². The van der Waals surface area contributed by atoms with Gasteiger partial charge < -0.3 is 19.7 Å². The van der Waals surface area contributed by atoms with Crippen LogP contribution >= 0.6 is 0 Å². The van der Waals surface area contributed by atoms with Crippen LogP contribution in [-0.2, 0) is 22.4 Å². The molecular formula is C26H29N5O5. The van der Waals surface area contributed by atoms with Crippen LogP contribution in [0.5, 0.6) is 0 Å². The maximum absolute atomic E-state index is 13.1. The Kier molecular flexibility index (Phi) is 7.33. The highest BCUT2D eigenvalue weighted by Crippen LogP contribution is 2.33. The van der Waals surface area contributed by atoms with Gasteiger partial charge >= 0.3 is 12.0 Å². The van der Waals surface area contributed by atoms with E-state index in [-0.39, 0.29) is 24.8 Å². The molecule has 1 aromatic carbocycles. The molecule has 1 aliphatic rings. The van der Waals surface area contributed by atoms with E-state index in [0.717, 1.165) is 18.4 Å². The van der Waals surface area contributed by atoms with Crippen LogP contribution in [0.2, 0.25) is 0 Å². The van der Waals surface area contributed by atoms with Crippen molar-refractivity contribution in [3.63, 3.8) is 0 Å². The number of nitrogens with one attached hydrogen (secondary N) is 2. The fraction of sp³-hybridized carbons (Fsp3) is 0.346. The molecule has 4 rings (SSSR count). The Morgan fingerprint density at radius 3 is 2.56 bits per heavy atom. The van der Waals surface area contributed by atoms with Crippen LogP contribution in [0.25, 0.3) is 0 Å². The molecule has 1 atom stereocenters. The summed E-state index contributed by atoms with van der Waals surface area (Å²) in [5.74, 6) is 0.298. The lowest BCUT2D eigenvalue weighted by Gasteiger charge is -2.22. The van der Waals surface area contributed by atoms with Crippen molar-refractivity contribution in [1.82, 2.24) is 14.9 Å². The zero-order valence-corrected chi connectivity index (χ0v) is 20.2. The molecule has 0 aliphatic carbocycles. The lowest BCUT2D eigenvalue weighted by Crippen LogP contribution is -2.32. The van der Waals surface area contributed by atoms with Crippen LogP contribution in [0.4, 0.5) is 16.3 Å². The number of pyridine rings is 1. The predicted octanol–water partition coefficient (Wildman–Crippen LogP) is 4.27. The van der Waals surface area contributed by atoms with Gasteiger partial charge in [-0.15, -0.1) is 0 Å². The highest BCUT2D eigenvalue weighted by atomic mass is 16.4. The van der Waals surface area contributed by atoms with Gasteiger partial charge in [-0.25, -0.2) is 14.8 Å². The van der Waals surface area contributed by atoms with Gasteiger partial charge in [0.2, 0.25) is 11.8 Å². The van der Waals surface area contributed by atoms with Crippen LogP contribution in [0, 0.1) is 5.41 Å². The average molecular weight is 492 g/mol. The van der Waals surface area contributed by atoms with Gasteiger partial charge in [-0.05, 0) is 50.5 Å². The summed E-state index contributed by atoms with van der Waals surface area (Å²) in [7, 11) is 0. The molecule has 10 nitrogen and oxygen atoms in total. The number of carbonyl (C=O) groups excluding carboxylic acids is 2. The summed E-state index contributed by atoms with van der Waals surface area (Å²) in [6.07, 6.45) is 5.03. The number of carboxylic acid groups (broad SMARTS) is 1. The Hall–Kier alpha value is -4.21. The van der Waals surface area contributed by atoms with Crippen LogP contribution < -0.4 is 10.6 Å². The van der Waals surface area contributed by atoms with Crippen molar-refractivity contribution in [2.45, 2.75) is 45.6 Å². The fourth-order valence-electron chi connectivity index (χ4n) is 4.07. The first-order valence-corrected chi connectivity index (χ1v) is 11.8. The Labute approximate surface area is 208 Å². The second kappa shape index (κ2) is 10.6. The molecule has 3 heterocycles. The molecule has 188 valence electrons. The largest absolute Gasteiger partial charge is 0.481 e. The molecule has 0 radical (unpaired) electrons. The third-order valence-electron chi connectivity index (χ3n) is 6.08. The van der Waals surface area contributed by atoms with Crippen molar-refractivity contribution in [1.29, 1.82) is 0 Å². The molecule has 0 saturated carbocycles. The minimum absolute atomic E-state index is 0.0764. The van der Waals surface area contributed by atoms with Crippen molar-refractivity contribution < 1.29 is 23.9 Å². The number of oxazole rings is 1. The third-order valence-corrected chi connectivity index (χ3v) is 6.08. The van der Waals surface area contributed by atoms with Crippen LogP contribution in [0.1, 0.15) is 49.9 Å². The SMILES string of the molecule is CC(C)(Cc1cnc(C2CCCN2C(=O)Cc2ccc(NC(=O)Nc3ccccc3)nc2)o1)C(=O)O. The zero-order chi connectivity index (χ0) is 25.7. The Morgan fingerprint density at radius 2 is 1.86 bits per heavy atom. The standard InChI is InChI=1S/C26H29N5O5/c1-26(2,24(33)34)14-19-16-28-23(36-19)20-9-6-12-31(20)22(32)13-17-10-11-21(27-15-17)30-25(35)29-18-7-4-3-5-8-18/h3-5,7-8,10-11,15-16,20H,6,9,12-14H2,1-2H3,(H,33,34)(H2,27,29,30,35). The Balaban J connectivity index is 1.34. The molecule has 36 heavy (non-hydrogen) atoms. The summed E-state index contributed by atoms with van der Waals surface area (Å²) in [6.45, 7) is 3.86. The number of benzene rings is 1. The number of rotatable bonds is 8. The third kappa shape index (κ3) is 6.07. The number of likely N-dealkylation sites (tertiary alicyclic amines) is 1. The number of nitrogens with zero attached hydrogens (tertiary/aromatic N) is 3. The molecule has 0 bridgehead atoms. The molecule has 2 aromatic heterocycles. The first-order valence-electron chi connectivity index (χ1n) is 11.8. The smallest absolute Gasteiger partial charge is 0.324 e.